The summed E-state index contributed by atoms with van der Waals surface area (Å²) >= 11 is -0.213. The Morgan fingerprint density at radius 1 is 0.564 bits per heavy atom. The first-order chi connectivity index (χ1) is 18.0. The lowest BCUT2D eigenvalue weighted by Gasteiger charge is -2.28. The molecule has 0 radical (unpaired) electrons. The van der Waals surface area contributed by atoms with Crippen LogP contribution in [0.4, 0.5) is 0 Å². The monoisotopic (exact) mass is 691 g/mol. The molecule has 0 heterocycles. The number of halogens is 1. The largest absolute Gasteiger partial charge is 0.465 e. The minimum Gasteiger partial charge on any atom is -0.465 e. The summed E-state index contributed by atoms with van der Waals surface area (Å²) in [6.07, 6.45) is 0. The zero-order valence-electron chi connectivity index (χ0n) is 25.4. The number of hydrogen-bond donors (Lipinski definition) is 0. The molecule has 210 valence electrons. The molecule has 0 bridgehead atoms. The van der Waals surface area contributed by atoms with Crippen molar-refractivity contribution in [1.29, 1.82) is 0 Å². The topological polar surface area (TPSA) is 52.6 Å². The van der Waals surface area contributed by atoms with Gasteiger partial charge in [0.25, 0.3) is 0 Å². The Kier molecular flexibility index (Phi) is 11.5. The molecule has 4 nitrogen and oxygen atoms in total. The molecule has 8 heteroatoms. The molecule has 0 amide bonds. The minimum atomic E-state index is -1.50. The van der Waals surface area contributed by atoms with E-state index in [-0.39, 0.29) is 33.1 Å². The second-order valence-electron chi connectivity index (χ2n) is 12.6. The molecule has 3 aromatic rings. The highest BCUT2D eigenvalue weighted by atomic mass is 127. The molecule has 0 unspecified atom stereocenters. The molecule has 0 aromatic heterocycles. The van der Waals surface area contributed by atoms with Gasteiger partial charge in [-0.2, -0.15) is 0 Å². The van der Waals surface area contributed by atoms with Gasteiger partial charge in [-0.1, -0.05) is 93.6 Å². The number of carbonyl (C=O) groups excluding carboxylic acids is 2. The number of ether oxygens (including phenoxy) is 2. The van der Waals surface area contributed by atoms with Gasteiger partial charge in [-0.05, 0) is 47.7 Å². The Hall–Kier alpha value is -2.02. The highest BCUT2D eigenvalue weighted by molar-refractivity contribution is 6.98. The van der Waals surface area contributed by atoms with Crippen LogP contribution in [0.25, 0.3) is 0 Å². The molecule has 0 atom stereocenters. The maximum absolute atomic E-state index is 11.8. The van der Waals surface area contributed by atoms with E-state index in [9.17, 15) is 9.59 Å². The van der Waals surface area contributed by atoms with Gasteiger partial charge >= 0.3 is 33.1 Å². The Morgan fingerprint density at radius 3 is 1.44 bits per heavy atom. The van der Waals surface area contributed by atoms with E-state index < -0.39 is 24.2 Å². The maximum Gasteiger partial charge on any atom is 0.357 e. The van der Waals surface area contributed by atoms with Crippen LogP contribution < -0.4 is 36.8 Å². The second kappa shape index (κ2) is 13.6. The first-order valence-corrected chi connectivity index (χ1v) is 25.8. The van der Waals surface area contributed by atoms with E-state index in [0.717, 1.165) is 0 Å². The first-order valence-electron chi connectivity index (χ1n) is 13.1. The summed E-state index contributed by atoms with van der Waals surface area (Å²) in [7, 11) is -1.46. The highest BCUT2D eigenvalue weighted by Crippen LogP contribution is 2.10. The summed E-state index contributed by atoms with van der Waals surface area (Å²) in [6.45, 7) is 21.0. The summed E-state index contributed by atoms with van der Waals surface area (Å²) < 4.78 is 12.5. The van der Waals surface area contributed by atoms with Crippen molar-refractivity contribution in [3.63, 3.8) is 0 Å². The highest BCUT2D eigenvalue weighted by Gasteiger charge is 2.30. The lowest BCUT2D eigenvalue weighted by atomic mass is 10.2. The number of esters is 2. The maximum atomic E-state index is 11.8. The van der Waals surface area contributed by atoms with Gasteiger partial charge in [0.2, 0.25) is 0 Å². The second-order valence-corrected chi connectivity index (χ2v) is 30.6. The molecule has 0 saturated carbocycles. The summed E-state index contributed by atoms with van der Waals surface area (Å²) in [5.74, 6) is -0.490. The van der Waals surface area contributed by atoms with Crippen molar-refractivity contribution in [2.75, 3.05) is 14.2 Å². The fourth-order valence-corrected chi connectivity index (χ4v) is 15.7. The van der Waals surface area contributed by atoms with Gasteiger partial charge in [-0.25, -0.2) is 9.59 Å². The van der Waals surface area contributed by atoms with E-state index in [2.05, 4.69) is 107 Å². The van der Waals surface area contributed by atoms with Crippen LogP contribution in [0.15, 0.2) is 66.7 Å². The van der Waals surface area contributed by atoms with E-state index in [1.807, 2.05) is 18.2 Å². The Bertz CT molecular complexity index is 1290. The van der Waals surface area contributed by atoms with E-state index in [1.54, 1.807) is 0 Å². The zero-order valence-corrected chi connectivity index (χ0v) is 30.5. The third kappa shape index (κ3) is 9.54. The molecule has 39 heavy (non-hydrogen) atoms. The standard InChI is InChI=1S/C17H20IO2Si.C14H24O2Si2/c1-20-17(19)13-10-11-15(16(12-13)21(2,3)4)18-14-8-6-5-7-9-14;1-16-14(15)11-8-9-12(17(2,3)4)13(10-11)18(5,6)7/h5-12H,1-4H3;8-10H,1-7H3/q+1;. The van der Waals surface area contributed by atoms with Crippen molar-refractivity contribution in [2.24, 2.45) is 0 Å². The van der Waals surface area contributed by atoms with Gasteiger partial charge < -0.3 is 9.47 Å². The predicted molar refractivity (Wildman–Crippen MR) is 168 cm³/mol. The Balaban J connectivity index is 0.000000277. The average molecular weight is 692 g/mol. The van der Waals surface area contributed by atoms with E-state index in [1.165, 1.54) is 36.9 Å². The zero-order chi connectivity index (χ0) is 29.6. The summed E-state index contributed by atoms with van der Waals surface area (Å²) in [6, 6.07) is 22.8. The van der Waals surface area contributed by atoms with Crippen molar-refractivity contribution in [3.05, 3.63) is 85.0 Å². The van der Waals surface area contributed by atoms with Crippen LogP contribution >= 0.6 is 0 Å². The van der Waals surface area contributed by atoms with Crippen LogP contribution in [0.2, 0.25) is 58.9 Å². The fraction of sp³-hybridized carbons (Fsp3) is 0.355. The van der Waals surface area contributed by atoms with Crippen molar-refractivity contribution in [2.45, 2.75) is 58.9 Å². The molecular formula is C31H44IO4Si3+. The number of benzene rings is 3. The van der Waals surface area contributed by atoms with Crippen molar-refractivity contribution >= 4 is 51.7 Å². The van der Waals surface area contributed by atoms with Crippen molar-refractivity contribution < 1.29 is 40.3 Å². The number of carbonyl (C=O) groups is 2. The molecular weight excluding hydrogens is 647 g/mol. The minimum absolute atomic E-state index is 0.213. The molecule has 0 fully saturated rings. The van der Waals surface area contributed by atoms with Gasteiger partial charge in [0.15, 0.2) is 7.14 Å². The third-order valence-corrected chi connectivity index (χ3v) is 15.9. The van der Waals surface area contributed by atoms with Gasteiger partial charge in [0.05, 0.1) is 49.6 Å². The Morgan fingerprint density at radius 2 is 1.00 bits per heavy atom. The van der Waals surface area contributed by atoms with Gasteiger partial charge in [0.1, 0.15) is 0 Å². The fourth-order valence-electron chi connectivity index (χ4n) is 4.09. The van der Waals surface area contributed by atoms with Crippen molar-refractivity contribution in [3.8, 4) is 0 Å². The molecule has 0 saturated heterocycles. The number of hydrogen-bond acceptors (Lipinski definition) is 4. The molecule has 0 aliphatic rings. The molecule has 0 spiro atoms. The smallest absolute Gasteiger partial charge is 0.357 e. The van der Waals surface area contributed by atoms with Crippen LogP contribution in [-0.4, -0.2) is 50.4 Å². The van der Waals surface area contributed by atoms with E-state index >= 15 is 0 Å². The summed E-state index contributed by atoms with van der Waals surface area (Å²) in [5, 5.41) is 4.26. The number of rotatable bonds is 7. The van der Waals surface area contributed by atoms with Crippen LogP contribution in [0.1, 0.15) is 20.7 Å². The van der Waals surface area contributed by atoms with Gasteiger partial charge in [0, 0.05) is 0 Å². The predicted octanol–water partition coefficient (Wildman–Crippen LogP) is 2.71. The van der Waals surface area contributed by atoms with Crippen LogP contribution in [0.3, 0.4) is 0 Å². The SMILES string of the molecule is COC(=O)c1ccc([I+]c2ccccc2)c([Si](C)(C)C)c1.COC(=O)c1ccc([Si](C)(C)C)c([Si](C)(C)C)c1. The van der Waals surface area contributed by atoms with E-state index in [0.29, 0.717) is 11.1 Å². The van der Waals surface area contributed by atoms with Crippen LogP contribution in [-0.2, 0) is 9.47 Å². The molecule has 3 aromatic carbocycles. The lowest BCUT2D eigenvalue weighted by Crippen LogP contribution is -3.62. The molecule has 0 aliphatic heterocycles. The van der Waals surface area contributed by atoms with Crippen LogP contribution in [0.5, 0.6) is 0 Å². The lowest BCUT2D eigenvalue weighted by molar-refractivity contribution is -0.596. The van der Waals surface area contributed by atoms with Crippen LogP contribution in [0, 0.1) is 7.14 Å². The molecule has 3 rings (SSSR count). The summed E-state index contributed by atoms with van der Waals surface area (Å²) in [4.78, 5) is 23.4. The first kappa shape index (κ1) is 33.2. The van der Waals surface area contributed by atoms with E-state index in [4.69, 9.17) is 9.47 Å². The molecule has 0 aliphatic carbocycles. The van der Waals surface area contributed by atoms with Gasteiger partial charge in [-0.3, -0.25) is 0 Å². The number of methoxy groups -OCH3 is 2. The summed E-state index contributed by atoms with van der Waals surface area (Å²) in [5.41, 5.74) is 1.34. The van der Waals surface area contributed by atoms with Crippen molar-refractivity contribution in [1.82, 2.24) is 0 Å². The normalized spacial score (nSPS) is 11.8. The average Bonchev–Trinajstić information content (AvgIpc) is 2.87. The quantitative estimate of drug-likeness (QED) is 0.218. The Labute approximate surface area is 248 Å². The third-order valence-electron chi connectivity index (χ3n) is 6.20. The molecule has 0 N–H and O–H groups in total. The van der Waals surface area contributed by atoms with Gasteiger partial charge in [-0.15, -0.1) is 0 Å².